The lowest BCUT2D eigenvalue weighted by molar-refractivity contribution is -0.0222. The Morgan fingerprint density at radius 2 is 2.22 bits per heavy atom. The zero-order valence-corrected chi connectivity index (χ0v) is 11.7. The Morgan fingerprint density at radius 3 is 2.83 bits per heavy atom. The summed E-state index contributed by atoms with van der Waals surface area (Å²) >= 11 is 0. The summed E-state index contributed by atoms with van der Waals surface area (Å²) in [4.78, 5) is 0. The number of benzene rings is 1. The standard InChI is InChI=1S/C16H24O2/c1-4-13-6-5-9-16(17,11-13)15-8-7-14(18-3)10-12(15)2/h7-8,10,13,17H,4-6,9,11H2,1-3H3. The molecule has 1 aliphatic rings. The van der Waals surface area contributed by atoms with Gasteiger partial charge in [0.05, 0.1) is 12.7 Å². The molecule has 0 heterocycles. The van der Waals surface area contributed by atoms with Crippen LogP contribution in [-0.4, -0.2) is 12.2 Å². The van der Waals surface area contributed by atoms with Gasteiger partial charge < -0.3 is 9.84 Å². The number of hydrogen-bond acceptors (Lipinski definition) is 2. The molecule has 1 fully saturated rings. The van der Waals surface area contributed by atoms with Gasteiger partial charge >= 0.3 is 0 Å². The molecule has 0 bridgehead atoms. The summed E-state index contributed by atoms with van der Waals surface area (Å²) in [6.45, 7) is 4.28. The minimum Gasteiger partial charge on any atom is -0.497 e. The van der Waals surface area contributed by atoms with Crippen LogP contribution in [-0.2, 0) is 5.60 Å². The van der Waals surface area contributed by atoms with Crippen LogP contribution < -0.4 is 4.74 Å². The molecule has 2 atom stereocenters. The van der Waals surface area contributed by atoms with E-state index in [0.29, 0.717) is 5.92 Å². The summed E-state index contributed by atoms with van der Waals surface area (Å²) in [5, 5.41) is 10.9. The van der Waals surface area contributed by atoms with Crippen molar-refractivity contribution in [1.82, 2.24) is 0 Å². The minimum absolute atomic E-state index is 0.630. The van der Waals surface area contributed by atoms with Crippen molar-refractivity contribution in [2.45, 2.75) is 51.6 Å². The van der Waals surface area contributed by atoms with Gasteiger partial charge in [-0.2, -0.15) is 0 Å². The van der Waals surface area contributed by atoms with Crippen molar-refractivity contribution in [3.8, 4) is 5.75 Å². The number of rotatable bonds is 3. The molecule has 1 aromatic carbocycles. The van der Waals surface area contributed by atoms with Gasteiger partial charge in [-0.05, 0) is 55.4 Å². The van der Waals surface area contributed by atoms with E-state index in [0.717, 1.165) is 42.6 Å². The highest BCUT2D eigenvalue weighted by Crippen LogP contribution is 2.42. The number of methoxy groups -OCH3 is 1. The van der Waals surface area contributed by atoms with Gasteiger partial charge in [-0.25, -0.2) is 0 Å². The molecule has 2 nitrogen and oxygen atoms in total. The molecule has 0 radical (unpaired) electrons. The molecule has 2 heteroatoms. The Bertz CT molecular complexity index is 414. The first-order valence-corrected chi connectivity index (χ1v) is 6.96. The maximum Gasteiger partial charge on any atom is 0.119 e. The molecule has 1 aliphatic carbocycles. The van der Waals surface area contributed by atoms with Gasteiger partial charge in [0.1, 0.15) is 5.75 Å². The fraction of sp³-hybridized carbons (Fsp3) is 0.625. The first-order chi connectivity index (χ1) is 8.59. The molecule has 0 spiro atoms. The summed E-state index contributed by atoms with van der Waals surface area (Å²) < 4.78 is 5.23. The predicted molar refractivity (Wildman–Crippen MR) is 73.9 cm³/mol. The van der Waals surface area contributed by atoms with Gasteiger partial charge in [-0.1, -0.05) is 25.8 Å². The largest absolute Gasteiger partial charge is 0.497 e. The molecule has 0 aromatic heterocycles. The van der Waals surface area contributed by atoms with Gasteiger partial charge in [0.2, 0.25) is 0 Å². The normalized spacial score (nSPS) is 28.1. The summed E-state index contributed by atoms with van der Waals surface area (Å²) in [5.41, 5.74) is 1.59. The molecule has 1 aromatic rings. The number of ether oxygens (including phenoxy) is 1. The van der Waals surface area contributed by atoms with E-state index >= 15 is 0 Å². The van der Waals surface area contributed by atoms with Crippen molar-refractivity contribution < 1.29 is 9.84 Å². The topological polar surface area (TPSA) is 29.5 Å². The molecule has 100 valence electrons. The van der Waals surface area contributed by atoms with Crippen LogP contribution >= 0.6 is 0 Å². The Hall–Kier alpha value is -1.02. The zero-order chi connectivity index (χ0) is 13.2. The van der Waals surface area contributed by atoms with E-state index in [1.54, 1.807) is 7.11 Å². The van der Waals surface area contributed by atoms with Crippen LogP contribution in [0.5, 0.6) is 5.75 Å². The summed E-state index contributed by atoms with van der Waals surface area (Å²) in [7, 11) is 1.68. The Balaban J connectivity index is 2.29. The first-order valence-electron chi connectivity index (χ1n) is 6.96. The van der Waals surface area contributed by atoms with Crippen LogP contribution in [0.15, 0.2) is 18.2 Å². The highest BCUT2D eigenvalue weighted by molar-refractivity contribution is 5.38. The van der Waals surface area contributed by atoms with Crippen LogP contribution in [0.25, 0.3) is 0 Å². The fourth-order valence-corrected chi connectivity index (χ4v) is 3.24. The molecule has 18 heavy (non-hydrogen) atoms. The quantitative estimate of drug-likeness (QED) is 0.881. The summed E-state index contributed by atoms with van der Waals surface area (Å²) in [6, 6.07) is 6.00. The number of aliphatic hydroxyl groups is 1. The average Bonchev–Trinajstić information content (AvgIpc) is 2.38. The molecule has 1 saturated carbocycles. The molecule has 0 saturated heterocycles. The first kappa shape index (κ1) is 13.4. The number of aryl methyl sites for hydroxylation is 1. The van der Waals surface area contributed by atoms with Crippen LogP contribution in [0.3, 0.4) is 0 Å². The van der Waals surface area contributed by atoms with E-state index in [1.807, 2.05) is 18.2 Å². The van der Waals surface area contributed by atoms with Gasteiger partial charge in [0, 0.05) is 0 Å². The predicted octanol–water partition coefficient (Wildman–Crippen LogP) is 3.79. The van der Waals surface area contributed by atoms with E-state index < -0.39 is 5.60 Å². The number of hydrogen-bond donors (Lipinski definition) is 1. The van der Waals surface area contributed by atoms with Crippen LogP contribution in [0, 0.1) is 12.8 Å². The van der Waals surface area contributed by atoms with Crippen molar-refractivity contribution in [1.29, 1.82) is 0 Å². The molecule has 2 rings (SSSR count). The monoisotopic (exact) mass is 248 g/mol. The second-order valence-corrected chi connectivity index (χ2v) is 5.58. The lowest BCUT2D eigenvalue weighted by atomic mass is 9.72. The second kappa shape index (κ2) is 5.31. The Labute approximate surface area is 110 Å². The van der Waals surface area contributed by atoms with Crippen LogP contribution in [0.1, 0.15) is 50.2 Å². The van der Waals surface area contributed by atoms with Crippen molar-refractivity contribution in [3.05, 3.63) is 29.3 Å². The lowest BCUT2D eigenvalue weighted by Crippen LogP contribution is -2.33. The Morgan fingerprint density at radius 1 is 1.44 bits per heavy atom. The smallest absolute Gasteiger partial charge is 0.119 e. The highest BCUT2D eigenvalue weighted by Gasteiger charge is 2.36. The van der Waals surface area contributed by atoms with E-state index in [9.17, 15) is 5.11 Å². The Kier molecular flexibility index (Phi) is 3.96. The SMILES string of the molecule is CCC1CCCC(O)(c2ccc(OC)cc2C)C1. The van der Waals surface area contributed by atoms with Crippen LogP contribution in [0.4, 0.5) is 0 Å². The van der Waals surface area contributed by atoms with Crippen LogP contribution in [0.2, 0.25) is 0 Å². The van der Waals surface area contributed by atoms with Crippen molar-refractivity contribution in [2.75, 3.05) is 7.11 Å². The molecule has 0 aliphatic heterocycles. The maximum absolute atomic E-state index is 10.9. The summed E-state index contributed by atoms with van der Waals surface area (Å²) in [5.74, 6) is 1.52. The van der Waals surface area contributed by atoms with Crippen molar-refractivity contribution >= 4 is 0 Å². The van der Waals surface area contributed by atoms with E-state index in [2.05, 4.69) is 13.8 Å². The fourth-order valence-electron chi connectivity index (χ4n) is 3.24. The average molecular weight is 248 g/mol. The molecule has 1 N–H and O–H groups in total. The lowest BCUT2D eigenvalue weighted by Gasteiger charge is -2.38. The van der Waals surface area contributed by atoms with Crippen molar-refractivity contribution in [2.24, 2.45) is 5.92 Å². The minimum atomic E-state index is -0.630. The van der Waals surface area contributed by atoms with Gasteiger partial charge in [0.15, 0.2) is 0 Å². The zero-order valence-electron chi connectivity index (χ0n) is 11.7. The van der Waals surface area contributed by atoms with E-state index in [1.165, 1.54) is 6.42 Å². The third kappa shape index (κ3) is 2.54. The van der Waals surface area contributed by atoms with Crippen molar-refractivity contribution in [3.63, 3.8) is 0 Å². The molecular formula is C16H24O2. The third-order valence-corrected chi connectivity index (χ3v) is 4.34. The summed E-state index contributed by atoms with van der Waals surface area (Å²) in [6.07, 6.45) is 5.33. The van der Waals surface area contributed by atoms with E-state index in [4.69, 9.17) is 4.74 Å². The van der Waals surface area contributed by atoms with Gasteiger partial charge in [0.25, 0.3) is 0 Å². The molecule has 0 amide bonds. The highest BCUT2D eigenvalue weighted by atomic mass is 16.5. The van der Waals surface area contributed by atoms with E-state index in [-0.39, 0.29) is 0 Å². The maximum atomic E-state index is 10.9. The third-order valence-electron chi connectivity index (χ3n) is 4.34. The van der Waals surface area contributed by atoms with Gasteiger partial charge in [-0.3, -0.25) is 0 Å². The van der Waals surface area contributed by atoms with Gasteiger partial charge in [-0.15, -0.1) is 0 Å². The molecular weight excluding hydrogens is 224 g/mol. The molecule has 2 unspecified atom stereocenters. The second-order valence-electron chi connectivity index (χ2n) is 5.58.